The average Bonchev–Trinajstić information content (AvgIpc) is 2.84. The molecule has 3 heteroatoms. The first-order valence-corrected chi connectivity index (χ1v) is 12.2. The summed E-state index contributed by atoms with van der Waals surface area (Å²) in [5, 5.41) is 3.98. The quantitative estimate of drug-likeness (QED) is 0.280. The van der Waals surface area contributed by atoms with Gasteiger partial charge in [0, 0.05) is 6.42 Å². The normalized spacial score (nSPS) is 10.8. The van der Waals surface area contributed by atoms with Crippen LogP contribution in [0.2, 0.25) is 0 Å². The molecule has 4 aromatic rings. The van der Waals surface area contributed by atoms with Crippen LogP contribution in [0.3, 0.4) is 0 Å². The number of hydrogen-bond donors (Lipinski definition) is 0. The Hall–Kier alpha value is -3.22. The Kier molecular flexibility index (Phi) is 7.14. The average molecular weight is 439 g/mol. The highest BCUT2D eigenvalue weighted by Gasteiger charge is 2.22. The van der Waals surface area contributed by atoms with Crippen molar-refractivity contribution in [3.8, 4) is 11.1 Å². The lowest BCUT2D eigenvalue weighted by atomic mass is 9.92. The number of rotatable bonds is 7. The van der Waals surface area contributed by atoms with Crippen molar-refractivity contribution in [1.29, 1.82) is 0 Å². The van der Waals surface area contributed by atoms with E-state index in [9.17, 15) is 4.79 Å². The van der Waals surface area contributed by atoms with Crippen molar-refractivity contribution in [2.45, 2.75) is 19.8 Å². The summed E-state index contributed by atoms with van der Waals surface area (Å²) >= 11 is 0. The SMILES string of the molecule is COC(=O)CCc1cccc(C)c1-c1ccccc1P(c1ccccc1)c1ccccc1. The summed E-state index contributed by atoms with van der Waals surface area (Å²) in [6, 6.07) is 36.6. The van der Waals surface area contributed by atoms with Crippen LogP contribution in [0.25, 0.3) is 11.1 Å². The number of esters is 1. The van der Waals surface area contributed by atoms with Crippen LogP contribution in [0, 0.1) is 6.92 Å². The van der Waals surface area contributed by atoms with Crippen LogP contribution < -0.4 is 15.9 Å². The van der Waals surface area contributed by atoms with Gasteiger partial charge in [-0.05, 0) is 59.4 Å². The summed E-state index contributed by atoms with van der Waals surface area (Å²) in [4.78, 5) is 11.8. The van der Waals surface area contributed by atoms with Crippen LogP contribution in [0.4, 0.5) is 0 Å². The fourth-order valence-corrected chi connectivity index (χ4v) is 6.58. The number of aryl methyl sites for hydroxylation is 2. The molecule has 0 saturated heterocycles. The molecule has 0 aliphatic carbocycles. The molecule has 0 aliphatic heterocycles. The first-order chi connectivity index (χ1) is 15.7. The smallest absolute Gasteiger partial charge is 0.305 e. The third kappa shape index (κ3) is 4.82. The van der Waals surface area contributed by atoms with E-state index < -0.39 is 7.92 Å². The van der Waals surface area contributed by atoms with E-state index in [1.54, 1.807) is 0 Å². The molecule has 0 bridgehead atoms. The highest BCUT2D eigenvalue weighted by atomic mass is 31.1. The first kappa shape index (κ1) is 22.0. The number of carbonyl (C=O) groups excluding carboxylic acids is 1. The molecule has 0 heterocycles. The predicted octanol–water partition coefficient (Wildman–Crippen LogP) is 5.53. The monoisotopic (exact) mass is 438 g/mol. The van der Waals surface area contributed by atoms with Crippen molar-refractivity contribution in [2.24, 2.45) is 0 Å². The molecule has 0 atom stereocenters. The third-order valence-electron chi connectivity index (χ3n) is 5.63. The van der Waals surface area contributed by atoms with E-state index in [-0.39, 0.29) is 5.97 Å². The van der Waals surface area contributed by atoms with Gasteiger partial charge < -0.3 is 4.74 Å². The third-order valence-corrected chi connectivity index (χ3v) is 8.13. The summed E-state index contributed by atoms with van der Waals surface area (Å²) in [5.74, 6) is -0.179. The number of carbonyl (C=O) groups is 1. The minimum atomic E-state index is -0.732. The van der Waals surface area contributed by atoms with Gasteiger partial charge in [0.25, 0.3) is 0 Å². The van der Waals surface area contributed by atoms with Crippen LogP contribution in [-0.4, -0.2) is 13.1 Å². The summed E-state index contributed by atoms with van der Waals surface area (Å²) < 4.78 is 4.89. The van der Waals surface area contributed by atoms with Crippen molar-refractivity contribution in [3.63, 3.8) is 0 Å². The topological polar surface area (TPSA) is 26.3 Å². The largest absolute Gasteiger partial charge is 0.469 e. The van der Waals surface area contributed by atoms with Gasteiger partial charge in [0.1, 0.15) is 0 Å². The summed E-state index contributed by atoms with van der Waals surface area (Å²) in [6.07, 6.45) is 1.04. The molecule has 0 amide bonds. The Bertz CT molecular complexity index is 1150. The van der Waals surface area contributed by atoms with Crippen molar-refractivity contribution >= 4 is 29.8 Å². The molecule has 32 heavy (non-hydrogen) atoms. The molecule has 0 fully saturated rings. The minimum Gasteiger partial charge on any atom is -0.469 e. The zero-order valence-electron chi connectivity index (χ0n) is 18.5. The minimum absolute atomic E-state index is 0.179. The van der Waals surface area contributed by atoms with Crippen LogP contribution in [0.5, 0.6) is 0 Å². The highest BCUT2D eigenvalue weighted by Crippen LogP contribution is 2.39. The Morgan fingerprint density at radius 3 is 1.97 bits per heavy atom. The summed E-state index contributed by atoms with van der Waals surface area (Å²) in [6.45, 7) is 2.15. The number of ether oxygens (including phenoxy) is 1. The highest BCUT2D eigenvalue weighted by molar-refractivity contribution is 7.80. The van der Waals surface area contributed by atoms with Crippen LogP contribution in [0.1, 0.15) is 17.5 Å². The zero-order chi connectivity index (χ0) is 22.3. The van der Waals surface area contributed by atoms with Gasteiger partial charge in [0.2, 0.25) is 0 Å². The lowest BCUT2D eigenvalue weighted by molar-refractivity contribution is -0.140. The van der Waals surface area contributed by atoms with Crippen LogP contribution in [-0.2, 0) is 16.0 Å². The molecule has 160 valence electrons. The van der Waals surface area contributed by atoms with Crippen molar-refractivity contribution in [2.75, 3.05) is 7.11 Å². The lowest BCUT2D eigenvalue weighted by Crippen LogP contribution is -2.22. The van der Waals surface area contributed by atoms with E-state index in [0.29, 0.717) is 12.8 Å². The van der Waals surface area contributed by atoms with E-state index in [0.717, 1.165) is 0 Å². The van der Waals surface area contributed by atoms with E-state index >= 15 is 0 Å². The molecule has 4 aromatic carbocycles. The van der Waals surface area contributed by atoms with E-state index in [2.05, 4.69) is 110 Å². The summed E-state index contributed by atoms with van der Waals surface area (Å²) in [7, 11) is 0.715. The Morgan fingerprint density at radius 1 is 0.750 bits per heavy atom. The van der Waals surface area contributed by atoms with Gasteiger partial charge >= 0.3 is 5.97 Å². The Labute approximate surface area is 191 Å². The van der Waals surface area contributed by atoms with Gasteiger partial charge in [-0.1, -0.05) is 103 Å². The molecule has 0 unspecified atom stereocenters. The molecule has 0 N–H and O–H groups in total. The zero-order valence-corrected chi connectivity index (χ0v) is 19.4. The number of methoxy groups -OCH3 is 1. The van der Waals surface area contributed by atoms with Crippen LogP contribution >= 0.6 is 7.92 Å². The van der Waals surface area contributed by atoms with Gasteiger partial charge in [-0.25, -0.2) is 0 Å². The molecule has 0 radical (unpaired) electrons. The molecule has 0 saturated carbocycles. The molecule has 2 nitrogen and oxygen atoms in total. The second-order valence-electron chi connectivity index (χ2n) is 7.71. The van der Waals surface area contributed by atoms with Gasteiger partial charge in [0.15, 0.2) is 0 Å². The first-order valence-electron chi connectivity index (χ1n) is 10.8. The Balaban J connectivity index is 1.89. The van der Waals surface area contributed by atoms with E-state index in [1.165, 1.54) is 45.3 Å². The molecule has 4 rings (SSSR count). The van der Waals surface area contributed by atoms with Gasteiger partial charge in [0.05, 0.1) is 7.11 Å². The summed E-state index contributed by atoms with van der Waals surface area (Å²) in [5.41, 5.74) is 4.87. The van der Waals surface area contributed by atoms with E-state index in [1.807, 2.05) is 0 Å². The van der Waals surface area contributed by atoms with Crippen molar-refractivity contribution < 1.29 is 9.53 Å². The maximum absolute atomic E-state index is 11.8. The Morgan fingerprint density at radius 2 is 1.34 bits per heavy atom. The van der Waals surface area contributed by atoms with Crippen molar-refractivity contribution in [1.82, 2.24) is 0 Å². The second kappa shape index (κ2) is 10.4. The lowest BCUT2D eigenvalue weighted by Gasteiger charge is -2.24. The predicted molar refractivity (Wildman–Crippen MR) is 136 cm³/mol. The standard InChI is InChI=1S/C29H27O2P/c1-22-12-11-13-23(20-21-28(30)31-2)29(22)26-18-9-10-19-27(26)32(24-14-5-3-6-15-24)25-16-7-4-8-17-25/h3-19H,20-21H2,1-2H3. The van der Waals surface area contributed by atoms with Crippen molar-refractivity contribution in [3.05, 3.63) is 114 Å². The molecule has 0 aromatic heterocycles. The van der Waals surface area contributed by atoms with E-state index in [4.69, 9.17) is 4.74 Å². The number of benzene rings is 4. The number of hydrogen-bond acceptors (Lipinski definition) is 2. The molecular weight excluding hydrogens is 411 g/mol. The molecule has 0 spiro atoms. The fourth-order valence-electron chi connectivity index (χ4n) is 4.12. The molecule has 0 aliphatic rings. The van der Waals surface area contributed by atoms with Gasteiger partial charge in [-0.15, -0.1) is 0 Å². The van der Waals surface area contributed by atoms with Gasteiger partial charge in [-0.3, -0.25) is 4.79 Å². The maximum Gasteiger partial charge on any atom is 0.305 e. The van der Waals surface area contributed by atoms with Crippen LogP contribution in [0.15, 0.2) is 103 Å². The molecular formula is C29H27O2P. The fraction of sp³-hybridized carbons (Fsp3) is 0.138. The second-order valence-corrected chi connectivity index (χ2v) is 9.89. The van der Waals surface area contributed by atoms with Gasteiger partial charge in [-0.2, -0.15) is 0 Å². The maximum atomic E-state index is 11.8.